The zero-order valence-corrected chi connectivity index (χ0v) is 17.8. The second kappa shape index (κ2) is 10.0. The Bertz CT molecular complexity index is 1210. The van der Waals surface area contributed by atoms with Crippen molar-refractivity contribution in [3.8, 4) is 0 Å². The molecule has 4 N–H and O–H groups in total. The van der Waals surface area contributed by atoms with Crippen molar-refractivity contribution in [3.63, 3.8) is 0 Å². The summed E-state index contributed by atoms with van der Waals surface area (Å²) in [6.07, 6.45) is 3.62. The molecule has 168 valence electrons. The average Bonchev–Trinajstić information content (AvgIpc) is 3.25. The molecular formula is C20H22N6O5S. The number of nitro benzene ring substituents is 1. The summed E-state index contributed by atoms with van der Waals surface area (Å²) >= 11 is 0. The molecule has 32 heavy (non-hydrogen) atoms. The van der Waals surface area contributed by atoms with E-state index in [1.807, 2.05) is 36.5 Å². The Morgan fingerprint density at radius 1 is 1.16 bits per heavy atom. The fourth-order valence-corrected chi connectivity index (χ4v) is 3.57. The summed E-state index contributed by atoms with van der Waals surface area (Å²) < 4.78 is 24.6. The van der Waals surface area contributed by atoms with Crippen LogP contribution in [0.5, 0.6) is 0 Å². The van der Waals surface area contributed by atoms with Crippen LogP contribution in [-0.2, 0) is 27.9 Å². The Kier molecular flexibility index (Phi) is 7.18. The number of benzene rings is 2. The summed E-state index contributed by atoms with van der Waals surface area (Å²) in [5.74, 6) is -0.241. The van der Waals surface area contributed by atoms with E-state index in [0.717, 1.165) is 17.2 Å². The third-order valence-corrected chi connectivity index (χ3v) is 5.56. The van der Waals surface area contributed by atoms with E-state index in [-0.39, 0.29) is 29.5 Å². The highest BCUT2D eigenvalue weighted by Gasteiger charge is 2.19. The molecule has 1 amide bonds. The van der Waals surface area contributed by atoms with Crippen molar-refractivity contribution in [2.45, 2.75) is 24.4 Å². The zero-order valence-electron chi connectivity index (χ0n) is 17.0. The van der Waals surface area contributed by atoms with Gasteiger partial charge in [0.15, 0.2) is 0 Å². The summed E-state index contributed by atoms with van der Waals surface area (Å²) in [7, 11) is -4.07. The molecule has 12 heteroatoms. The molecule has 3 rings (SSSR count). The van der Waals surface area contributed by atoms with Gasteiger partial charge in [0.2, 0.25) is 15.9 Å². The van der Waals surface area contributed by atoms with Gasteiger partial charge in [-0.25, -0.2) is 13.6 Å². The van der Waals surface area contributed by atoms with E-state index in [1.54, 1.807) is 10.9 Å². The first-order valence-electron chi connectivity index (χ1n) is 9.60. The Morgan fingerprint density at radius 2 is 1.91 bits per heavy atom. The summed E-state index contributed by atoms with van der Waals surface area (Å²) in [5, 5.41) is 26.1. The first-order chi connectivity index (χ1) is 15.2. The minimum absolute atomic E-state index is 0.0649. The fourth-order valence-electron chi connectivity index (χ4n) is 3.03. The third-order valence-electron chi connectivity index (χ3n) is 4.65. The number of carbonyl (C=O) groups excluding carboxylic acids is 1. The maximum atomic E-state index is 12.2. The molecule has 0 aliphatic rings. The topological polar surface area (TPSA) is 162 Å². The SMILES string of the molecule is NS(=O)(=O)c1ccc(NCCC(=O)NCc2ccccc2Cn2cccn2)c([N+](=O)[O-])c1. The molecule has 0 saturated heterocycles. The normalized spacial score (nSPS) is 11.2. The molecule has 0 radical (unpaired) electrons. The van der Waals surface area contributed by atoms with Crippen LogP contribution in [-0.4, -0.2) is 35.6 Å². The lowest BCUT2D eigenvalue weighted by atomic mass is 10.1. The molecule has 0 fully saturated rings. The Labute approximate surface area is 184 Å². The minimum atomic E-state index is -4.07. The molecule has 0 bridgehead atoms. The van der Waals surface area contributed by atoms with Crippen LogP contribution in [0.25, 0.3) is 0 Å². The highest BCUT2D eigenvalue weighted by Crippen LogP contribution is 2.27. The van der Waals surface area contributed by atoms with Gasteiger partial charge >= 0.3 is 0 Å². The van der Waals surface area contributed by atoms with E-state index in [1.165, 1.54) is 12.1 Å². The number of carbonyl (C=O) groups is 1. The van der Waals surface area contributed by atoms with Crippen molar-refractivity contribution in [1.82, 2.24) is 15.1 Å². The fraction of sp³-hybridized carbons (Fsp3) is 0.200. The number of sulfonamides is 1. The second-order valence-electron chi connectivity index (χ2n) is 6.91. The van der Waals surface area contributed by atoms with E-state index in [9.17, 15) is 23.3 Å². The van der Waals surface area contributed by atoms with Crippen molar-refractivity contribution < 1.29 is 18.1 Å². The quantitative estimate of drug-likeness (QED) is 0.307. The summed E-state index contributed by atoms with van der Waals surface area (Å²) in [4.78, 5) is 22.4. The van der Waals surface area contributed by atoms with Crippen LogP contribution in [0.15, 0.2) is 65.8 Å². The van der Waals surface area contributed by atoms with Crippen LogP contribution >= 0.6 is 0 Å². The van der Waals surface area contributed by atoms with Gasteiger partial charge in [-0.05, 0) is 29.3 Å². The Hall–Kier alpha value is -3.77. The highest BCUT2D eigenvalue weighted by molar-refractivity contribution is 7.89. The van der Waals surface area contributed by atoms with Crippen LogP contribution in [0.3, 0.4) is 0 Å². The predicted molar refractivity (Wildman–Crippen MR) is 117 cm³/mol. The Balaban J connectivity index is 1.55. The van der Waals surface area contributed by atoms with E-state index in [2.05, 4.69) is 15.7 Å². The molecule has 0 saturated carbocycles. The number of rotatable bonds is 10. The number of nitrogens with zero attached hydrogens (tertiary/aromatic N) is 3. The lowest BCUT2D eigenvalue weighted by molar-refractivity contribution is -0.384. The van der Waals surface area contributed by atoms with Gasteiger partial charge in [0.25, 0.3) is 5.69 Å². The molecule has 0 spiro atoms. The monoisotopic (exact) mass is 458 g/mol. The number of amides is 1. The van der Waals surface area contributed by atoms with E-state index in [4.69, 9.17) is 5.14 Å². The minimum Gasteiger partial charge on any atom is -0.379 e. The van der Waals surface area contributed by atoms with Gasteiger partial charge < -0.3 is 10.6 Å². The maximum Gasteiger partial charge on any atom is 0.293 e. The number of hydrogen-bond acceptors (Lipinski definition) is 7. The first-order valence-corrected chi connectivity index (χ1v) is 11.1. The lowest BCUT2D eigenvalue weighted by Crippen LogP contribution is -2.25. The molecular weight excluding hydrogens is 436 g/mol. The van der Waals surface area contributed by atoms with Crippen LogP contribution in [0.4, 0.5) is 11.4 Å². The summed E-state index contributed by atoms with van der Waals surface area (Å²) in [5.41, 5.74) is 1.64. The third kappa shape index (κ3) is 6.12. The van der Waals surface area contributed by atoms with Gasteiger partial charge in [0, 0.05) is 38.0 Å². The van der Waals surface area contributed by atoms with Crippen molar-refractivity contribution in [2.24, 2.45) is 5.14 Å². The Morgan fingerprint density at radius 3 is 2.56 bits per heavy atom. The number of hydrogen-bond donors (Lipinski definition) is 3. The smallest absolute Gasteiger partial charge is 0.293 e. The maximum absolute atomic E-state index is 12.2. The van der Waals surface area contributed by atoms with E-state index >= 15 is 0 Å². The lowest BCUT2D eigenvalue weighted by Gasteiger charge is -2.12. The first kappa shape index (κ1) is 22.9. The number of nitrogens with two attached hydrogens (primary N) is 1. The number of nitro groups is 1. The highest BCUT2D eigenvalue weighted by atomic mass is 32.2. The largest absolute Gasteiger partial charge is 0.379 e. The molecule has 11 nitrogen and oxygen atoms in total. The zero-order chi connectivity index (χ0) is 23.1. The van der Waals surface area contributed by atoms with Crippen LogP contribution < -0.4 is 15.8 Å². The van der Waals surface area contributed by atoms with Gasteiger partial charge in [-0.2, -0.15) is 5.10 Å². The van der Waals surface area contributed by atoms with Gasteiger partial charge in [0.1, 0.15) is 5.69 Å². The van der Waals surface area contributed by atoms with Gasteiger partial charge in [-0.15, -0.1) is 0 Å². The van der Waals surface area contributed by atoms with Crippen LogP contribution in [0.2, 0.25) is 0 Å². The number of anilines is 1. The van der Waals surface area contributed by atoms with Gasteiger partial charge in [-0.1, -0.05) is 24.3 Å². The molecule has 0 aliphatic carbocycles. The number of aromatic nitrogens is 2. The molecule has 0 atom stereocenters. The number of primary sulfonamides is 1. The predicted octanol–water partition coefficient (Wildman–Crippen LogP) is 1.61. The van der Waals surface area contributed by atoms with Gasteiger partial charge in [0.05, 0.1) is 16.4 Å². The van der Waals surface area contributed by atoms with Crippen molar-refractivity contribution >= 4 is 27.3 Å². The molecule has 3 aromatic rings. The van der Waals surface area contributed by atoms with Gasteiger partial charge in [-0.3, -0.25) is 19.6 Å². The summed E-state index contributed by atoms with van der Waals surface area (Å²) in [6.45, 7) is 1.04. The molecule has 0 aliphatic heterocycles. The summed E-state index contributed by atoms with van der Waals surface area (Å²) in [6, 6.07) is 12.8. The number of nitrogens with one attached hydrogen (secondary N) is 2. The van der Waals surface area contributed by atoms with Crippen molar-refractivity contribution in [2.75, 3.05) is 11.9 Å². The standard InChI is InChI=1S/C20H22N6O5S/c21-32(30,31)17-6-7-18(19(12-17)26(28)29)22-10-8-20(27)23-13-15-4-1-2-5-16(15)14-25-11-3-9-24-25/h1-7,9,11-12,22H,8,10,13-14H2,(H,23,27)(H2,21,30,31). The van der Waals surface area contributed by atoms with Crippen LogP contribution in [0.1, 0.15) is 17.5 Å². The van der Waals surface area contributed by atoms with E-state index in [0.29, 0.717) is 13.1 Å². The molecule has 0 unspecified atom stereocenters. The van der Waals surface area contributed by atoms with Crippen LogP contribution in [0, 0.1) is 10.1 Å². The molecule has 1 aromatic heterocycles. The second-order valence-corrected chi connectivity index (χ2v) is 8.47. The van der Waals surface area contributed by atoms with Crippen molar-refractivity contribution in [1.29, 1.82) is 0 Å². The van der Waals surface area contributed by atoms with Crippen molar-refractivity contribution in [3.05, 3.63) is 82.2 Å². The van der Waals surface area contributed by atoms with E-state index < -0.39 is 20.6 Å². The average molecular weight is 459 g/mol. The molecule has 1 heterocycles. The molecule has 2 aromatic carbocycles.